The number of ketones is 1. The molecule has 30 heavy (non-hydrogen) atoms. The first-order valence-corrected chi connectivity index (χ1v) is 9.53. The van der Waals surface area contributed by atoms with Crippen LogP contribution in [0.25, 0.3) is 16.8 Å². The highest BCUT2D eigenvalue weighted by molar-refractivity contribution is 6.12. The fourth-order valence-electron chi connectivity index (χ4n) is 3.27. The van der Waals surface area contributed by atoms with E-state index in [2.05, 4.69) is 36.1 Å². The highest BCUT2D eigenvalue weighted by Crippen LogP contribution is 2.24. The summed E-state index contributed by atoms with van der Waals surface area (Å²) < 4.78 is 1.60. The fourth-order valence-corrected chi connectivity index (χ4v) is 3.27. The van der Waals surface area contributed by atoms with Crippen molar-refractivity contribution >= 4 is 11.6 Å². The van der Waals surface area contributed by atoms with Gasteiger partial charge in [0.05, 0.1) is 17.4 Å². The van der Waals surface area contributed by atoms with Crippen LogP contribution in [-0.2, 0) is 0 Å². The molecule has 0 unspecified atom stereocenters. The van der Waals surface area contributed by atoms with Crippen molar-refractivity contribution in [3.63, 3.8) is 0 Å². The summed E-state index contributed by atoms with van der Waals surface area (Å²) in [4.78, 5) is 17.2. The van der Waals surface area contributed by atoms with Gasteiger partial charge in [-0.1, -0.05) is 57.7 Å². The molecule has 5 nitrogen and oxygen atoms in total. The lowest BCUT2D eigenvalue weighted by molar-refractivity contribution is 0.103. The monoisotopic (exact) mass is 398 g/mol. The maximum absolute atomic E-state index is 13.1. The average Bonchev–Trinajstić information content (AvgIpc) is 3.15. The Morgan fingerprint density at radius 2 is 1.70 bits per heavy atom. The van der Waals surface area contributed by atoms with Crippen LogP contribution in [0.15, 0.2) is 79.3 Å². The van der Waals surface area contributed by atoms with Crippen molar-refractivity contribution in [2.24, 2.45) is 0 Å². The molecule has 0 amide bonds. The molecular weight excluding hydrogens is 372 g/mol. The zero-order valence-electron chi connectivity index (χ0n) is 16.4. The predicted molar refractivity (Wildman–Crippen MR) is 122 cm³/mol. The molecule has 5 heteroatoms. The summed E-state index contributed by atoms with van der Waals surface area (Å²) in [6.45, 7) is 4.29. The number of carbonyl (C=O) groups excluding carboxylic acids is 1. The Kier molecular flexibility index (Phi) is 6.11. The van der Waals surface area contributed by atoms with Gasteiger partial charge < -0.3 is 5.73 Å². The van der Waals surface area contributed by atoms with Crippen molar-refractivity contribution in [3.8, 4) is 16.8 Å². The number of nitrogens with two attached hydrogens (primary N) is 1. The zero-order valence-corrected chi connectivity index (χ0v) is 16.4. The summed E-state index contributed by atoms with van der Waals surface area (Å²) >= 11 is 0. The summed E-state index contributed by atoms with van der Waals surface area (Å²) in [5, 5.41) is 4.35. The van der Waals surface area contributed by atoms with Crippen LogP contribution in [0.5, 0.6) is 0 Å². The largest absolute Gasteiger partial charge is 0.383 e. The molecule has 2 N–H and O–H groups in total. The SMILES string of the molecule is C.CC(C)c1ccc(-n2ncc(C(=O)c3cccc(-c4cccnc4)c3)c2N)cc1. The summed E-state index contributed by atoms with van der Waals surface area (Å²) in [6, 6.07) is 19.3. The van der Waals surface area contributed by atoms with E-state index in [1.165, 1.54) is 11.8 Å². The van der Waals surface area contributed by atoms with E-state index in [0.717, 1.165) is 16.8 Å². The lowest BCUT2D eigenvalue weighted by Gasteiger charge is -2.09. The predicted octanol–water partition coefficient (Wildman–Crippen LogP) is 5.51. The molecule has 2 heterocycles. The van der Waals surface area contributed by atoms with E-state index in [4.69, 9.17) is 5.73 Å². The van der Waals surface area contributed by atoms with E-state index in [1.54, 1.807) is 23.1 Å². The Balaban J connectivity index is 0.00000256. The highest BCUT2D eigenvalue weighted by atomic mass is 16.1. The molecular formula is C25H26N4O. The molecule has 0 saturated heterocycles. The number of carbonyl (C=O) groups is 1. The van der Waals surface area contributed by atoms with Crippen LogP contribution in [0.1, 0.15) is 48.7 Å². The zero-order chi connectivity index (χ0) is 20.4. The van der Waals surface area contributed by atoms with Gasteiger partial charge in [-0.15, -0.1) is 0 Å². The average molecular weight is 399 g/mol. The number of benzene rings is 2. The lowest BCUT2D eigenvalue weighted by atomic mass is 10.00. The first-order chi connectivity index (χ1) is 14.0. The van der Waals surface area contributed by atoms with Crippen LogP contribution in [0.4, 0.5) is 5.82 Å². The number of nitrogen functional groups attached to an aromatic ring is 1. The van der Waals surface area contributed by atoms with E-state index < -0.39 is 0 Å². The third-order valence-corrected chi connectivity index (χ3v) is 4.98. The second-order valence-corrected chi connectivity index (χ2v) is 7.25. The molecule has 0 aliphatic heterocycles. The van der Waals surface area contributed by atoms with Crippen LogP contribution in [-0.4, -0.2) is 20.5 Å². The van der Waals surface area contributed by atoms with E-state index in [1.807, 2.05) is 42.5 Å². The molecule has 0 atom stereocenters. The number of nitrogens with zero attached hydrogens (tertiary/aromatic N) is 3. The Morgan fingerprint density at radius 3 is 2.37 bits per heavy atom. The maximum atomic E-state index is 13.1. The van der Waals surface area contributed by atoms with Crippen LogP contribution in [0.2, 0.25) is 0 Å². The van der Waals surface area contributed by atoms with E-state index in [0.29, 0.717) is 22.9 Å². The number of hydrogen-bond donors (Lipinski definition) is 1. The van der Waals surface area contributed by atoms with Gasteiger partial charge in [-0.25, -0.2) is 4.68 Å². The molecule has 2 aromatic carbocycles. The Morgan fingerprint density at radius 1 is 0.967 bits per heavy atom. The van der Waals surface area contributed by atoms with Gasteiger partial charge in [-0.3, -0.25) is 9.78 Å². The normalized spacial score (nSPS) is 10.6. The van der Waals surface area contributed by atoms with Crippen LogP contribution in [0.3, 0.4) is 0 Å². The first-order valence-electron chi connectivity index (χ1n) is 9.53. The van der Waals surface area contributed by atoms with E-state index in [9.17, 15) is 4.79 Å². The Hall–Kier alpha value is -3.73. The lowest BCUT2D eigenvalue weighted by Crippen LogP contribution is -2.07. The van der Waals surface area contributed by atoms with Gasteiger partial charge in [0.25, 0.3) is 0 Å². The van der Waals surface area contributed by atoms with E-state index in [-0.39, 0.29) is 13.2 Å². The molecule has 0 bridgehead atoms. The number of hydrogen-bond acceptors (Lipinski definition) is 4. The summed E-state index contributed by atoms with van der Waals surface area (Å²) in [5.41, 5.74) is 11.2. The molecule has 0 saturated carbocycles. The molecule has 4 aromatic rings. The summed E-state index contributed by atoms with van der Waals surface area (Å²) in [5.74, 6) is 0.626. The molecule has 152 valence electrons. The third-order valence-electron chi connectivity index (χ3n) is 4.98. The van der Waals surface area contributed by atoms with Crippen molar-refractivity contribution in [1.82, 2.24) is 14.8 Å². The molecule has 0 fully saturated rings. The number of anilines is 1. The second kappa shape index (κ2) is 8.74. The number of rotatable bonds is 5. The van der Waals surface area contributed by atoms with Crippen molar-refractivity contribution in [3.05, 3.63) is 95.9 Å². The molecule has 0 aliphatic rings. The Labute approximate surface area is 177 Å². The van der Waals surface area contributed by atoms with Gasteiger partial charge in [-0.05, 0) is 41.3 Å². The minimum absolute atomic E-state index is 0. The third kappa shape index (κ3) is 4.01. The van der Waals surface area contributed by atoms with Crippen molar-refractivity contribution in [1.29, 1.82) is 0 Å². The second-order valence-electron chi connectivity index (χ2n) is 7.25. The highest BCUT2D eigenvalue weighted by Gasteiger charge is 2.18. The van der Waals surface area contributed by atoms with Gasteiger partial charge in [0.15, 0.2) is 5.78 Å². The number of pyridine rings is 1. The van der Waals surface area contributed by atoms with Gasteiger partial charge >= 0.3 is 0 Å². The molecule has 0 radical (unpaired) electrons. The quantitative estimate of drug-likeness (QED) is 0.450. The number of aromatic nitrogens is 3. The molecule has 0 aliphatic carbocycles. The van der Waals surface area contributed by atoms with Crippen LogP contribution >= 0.6 is 0 Å². The van der Waals surface area contributed by atoms with Crippen molar-refractivity contribution < 1.29 is 4.79 Å². The van der Waals surface area contributed by atoms with Crippen LogP contribution in [0, 0.1) is 0 Å². The van der Waals surface area contributed by atoms with E-state index >= 15 is 0 Å². The van der Waals surface area contributed by atoms with Gasteiger partial charge in [0, 0.05) is 23.5 Å². The first kappa shape index (κ1) is 21.0. The topological polar surface area (TPSA) is 73.8 Å². The molecule has 2 aromatic heterocycles. The standard InChI is InChI=1S/C24H22N4O.CH4/c1-16(2)17-8-10-21(11-9-17)28-24(25)22(15-27-28)23(29)19-6-3-5-18(13-19)20-7-4-12-26-14-20;/h3-16H,25H2,1-2H3;1H4. The smallest absolute Gasteiger partial charge is 0.198 e. The molecule has 4 rings (SSSR count). The Bertz CT molecular complexity index is 1150. The van der Waals surface area contributed by atoms with Crippen LogP contribution < -0.4 is 5.73 Å². The van der Waals surface area contributed by atoms with Gasteiger partial charge in [0.1, 0.15) is 5.82 Å². The fraction of sp³-hybridized carbons (Fsp3) is 0.160. The minimum Gasteiger partial charge on any atom is -0.383 e. The molecule has 0 spiro atoms. The van der Waals surface area contributed by atoms with Crippen molar-refractivity contribution in [2.75, 3.05) is 5.73 Å². The summed E-state index contributed by atoms with van der Waals surface area (Å²) in [7, 11) is 0. The van der Waals surface area contributed by atoms with Crippen molar-refractivity contribution in [2.45, 2.75) is 27.2 Å². The van der Waals surface area contributed by atoms with Gasteiger partial charge in [-0.2, -0.15) is 5.10 Å². The minimum atomic E-state index is -0.154. The summed E-state index contributed by atoms with van der Waals surface area (Å²) in [6.07, 6.45) is 5.03. The van der Waals surface area contributed by atoms with Gasteiger partial charge in [0.2, 0.25) is 0 Å². The maximum Gasteiger partial charge on any atom is 0.198 e.